The second-order valence-electron chi connectivity index (χ2n) is 8.50. The number of amides is 4. The highest BCUT2D eigenvalue weighted by Gasteiger charge is 2.49. The molecule has 0 bridgehead atoms. The molecule has 4 aromatic carbocycles. The first-order valence-electron chi connectivity index (χ1n) is 11.0. The van der Waals surface area contributed by atoms with E-state index in [0.717, 1.165) is 26.8 Å². The monoisotopic (exact) mass is 449 g/mol. The molecule has 34 heavy (non-hydrogen) atoms. The summed E-state index contributed by atoms with van der Waals surface area (Å²) >= 11 is 0. The molecule has 6 heteroatoms. The van der Waals surface area contributed by atoms with Gasteiger partial charge in [-0.15, -0.1) is 0 Å². The topological polar surface area (TPSA) is 78.5 Å². The van der Waals surface area contributed by atoms with Crippen molar-refractivity contribution in [1.82, 2.24) is 10.2 Å². The van der Waals surface area contributed by atoms with E-state index in [-0.39, 0.29) is 6.54 Å². The Kier molecular flexibility index (Phi) is 5.34. The lowest BCUT2D eigenvalue weighted by Gasteiger charge is -2.22. The Balaban J connectivity index is 1.29. The van der Waals surface area contributed by atoms with Gasteiger partial charge in [-0.05, 0) is 52.6 Å². The summed E-state index contributed by atoms with van der Waals surface area (Å²) in [5, 5.41) is 7.54. The summed E-state index contributed by atoms with van der Waals surface area (Å²) in [4.78, 5) is 39.5. The lowest BCUT2D eigenvalue weighted by Crippen LogP contribution is -2.42. The fourth-order valence-corrected chi connectivity index (χ4v) is 4.26. The zero-order chi connectivity index (χ0) is 23.7. The molecule has 0 spiro atoms. The van der Waals surface area contributed by atoms with Crippen molar-refractivity contribution in [3.05, 3.63) is 103 Å². The molecule has 0 saturated carbocycles. The van der Waals surface area contributed by atoms with Crippen LogP contribution in [0.2, 0.25) is 0 Å². The minimum atomic E-state index is -1.24. The van der Waals surface area contributed by atoms with Crippen molar-refractivity contribution in [1.29, 1.82) is 0 Å². The van der Waals surface area contributed by atoms with Crippen LogP contribution >= 0.6 is 0 Å². The Labute approximate surface area is 197 Å². The van der Waals surface area contributed by atoms with Crippen LogP contribution in [0.5, 0.6) is 0 Å². The Bertz CT molecular complexity index is 1400. The number of carbonyl (C=O) groups is 3. The SMILES string of the molecule is C[C@]1(c2ccc3ccccc3c2)NC(=O)N(CC(=O)Nc2ccc(-c3ccccc3)cc2)C1=O. The highest BCUT2D eigenvalue weighted by Crippen LogP contribution is 2.31. The molecule has 1 aliphatic heterocycles. The molecule has 0 radical (unpaired) electrons. The molecule has 1 saturated heterocycles. The number of anilines is 1. The van der Waals surface area contributed by atoms with Crippen molar-refractivity contribution in [2.24, 2.45) is 0 Å². The normalized spacial score (nSPS) is 17.6. The number of hydrogen-bond donors (Lipinski definition) is 2. The van der Waals surface area contributed by atoms with Gasteiger partial charge in [-0.3, -0.25) is 14.5 Å². The van der Waals surface area contributed by atoms with E-state index in [1.165, 1.54) is 0 Å². The lowest BCUT2D eigenvalue weighted by molar-refractivity contribution is -0.133. The van der Waals surface area contributed by atoms with E-state index in [1.807, 2.05) is 84.9 Å². The molecule has 2 N–H and O–H groups in total. The molecule has 0 aliphatic carbocycles. The summed E-state index contributed by atoms with van der Waals surface area (Å²) in [6, 6.07) is 30.2. The molecular weight excluding hydrogens is 426 g/mol. The predicted octanol–water partition coefficient (Wildman–Crippen LogP) is 4.91. The van der Waals surface area contributed by atoms with Gasteiger partial charge in [-0.25, -0.2) is 4.79 Å². The van der Waals surface area contributed by atoms with Crippen LogP contribution < -0.4 is 10.6 Å². The first-order chi connectivity index (χ1) is 16.4. The minimum absolute atomic E-state index is 0.367. The van der Waals surface area contributed by atoms with Gasteiger partial charge in [-0.2, -0.15) is 0 Å². The van der Waals surface area contributed by atoms with Gasteiger partial charge >= 0.3 is 6.03 Å². The number of carbonyl (C=O) groups excluding carboxylic acids is 3. The van der Waals surface area contributed by atoms with E-state index in [4.69, 9.17) is 0 Å². The van der Waals surface area contributed by atoms with E-state index >= 15 is 0 Å². The van der Waals surface area contributed by atoms with Crippen LogP contribution in [-0.2, 0) is 15.1 Å². The van der Waals surface area contributed by atoms with Gasteiger partial charge in [-0.1, -0.05) is 78.9 Å². The summed E-state index contributed by atoms with van der Waals surface area (Å²) in [5.41, 5.74) is 2.13. The maximum Gasteiger partial charge on any atom is 0.325 e. The fraction of sp³-hybridized carbons (Fsp3) is 0.107. The van der Waals surface area contributed by atoms with Crippen LogP contribution in [0.25, 0.3) is 21.9 Å². The molecule has 4 aromatic rings. The van der Waals surface area contributed by atoms with E-state index in [9.17, 15) is 14.4 Å². The zero-order valence-corrected chi connectivity index (χ0v) is 18.6. The van der Waals surface area contributed by atoms with Crippen LogP contribution in [0.1, 0.15) is 12.5 Å². The molecule has 0 unspecified atom stereocenters. The van der Waals surface area contributed by atoms with Crippen molar-refractivity contribution < 1.29 is 14.4 Å². The average molecular weight is 450 g/mol. The lowest BCUT2D eigenvalue weighted by atomic mass is 9.90. The molecule has 6 nitrogen and oxygen atoms in total. The Morgan fingerprint density at radius 1 is 0.824 bits per heavy atom. The van der Waals surface area contributed by atoms with Crippen molar-refractivity contribution in [2.45, 2.75) is 12.5 Å². The molecule has 5 rings (SSSR count). The molecule has 1 heterocycles. The summed E-state index contributed by atoms with van der Waals surface area (Å²) in [6.07, 6.45) is 0. The van der Waals surface area contributed by atoms with Gasteiger partial charge in [0.2, 0.25) is 5.91 Å². The molecule has 1 aliphatic rings. The van der Waals surface area contributed by atoms with E-state index in [0.29, 0.717) is 11.3 Å². The number of fused-ring (bicyclic) bond motifs is 1. The van der Waals surface area contributed by atoms with Gasteiger partial charge in [0, 0.05) is 5.69 Å². The van der Waals surface area contributed by atoms with Crippen molar-refractivity contribution in [3.63, 3.8) is 0 Å². The van der Waals surface area contributed by atoms with Crippen molar-refractivity contribution >= 4 is 34.3 Å². The summed E-state index contributed by atoms with van der Waals surface area (Å²) in [6.45, 7) is 1.30. The number of nitrogens with one attached hydrogen (secondary N) is 2. The van der Waals surface area contributed by atoms with Crippen molar-refractivity contribution in [2.75, 3.05) is 11.9 Å². The highest BCUT2D eigenvalue weighted by molar-refractivity contribution is 6.10. The number of imide groups is 1. The molecule has 4 amide bonds. The first kappa shape index (κ1) is 21.4. The van der Waals surface area contributed by atoms with Gasteiger partial charge in [0.1, 0.15) is 12.1 Å². The van der Waals surface area contributed by atoms with Crippen LogP contribution in [0, 0.1) is 0 Å². The number of rotatable bonds is 5. The first-order valence-corrected chi connectivity index (χ1v) is 11.0. The smallest absolute Gasteiger partial charge is 0.325 e. The van der Waals surface area contributed by atoms with Gasteiger partial charge in [0.05, 0.1) is 0 Å². The molecule has 168 valence electrons. The third-order valence-corrected chi connectivity index (χ3v) is 6.18. The van der Waals surface area contributed by atoms with Crippen LogP contribution in [0.4, 0.5) is 10.5 Å². The molecule has 1 atom stereocenters. The summed E-state index contributed by atoms with van der Waals surface area (Å²) in [5.74, 6) is -0.902. The standard InChI is InChI=1S/C28H23N3O3/c1-28(23-14-11-20-9-5-6-10-22(20)17-23)26(33)31(27(34)30-28)18-25(32)29-24-15-12-21(13-16-24)19-7-3-2-4-8-19/h2-17H,18H2,1H3,(H,29,32)(H,30,34)/t28-/m1/s1. The van der Waals surface area contributed by atoms with Crippen molar-refractivity contribution in [3.8, 4) is 11.1 Å². The summed E-state index contributed by atoms with van der Waals surface area (Å²) in [7, 11) is 0. The second-order valence-corrected chi connectivity index (χ2v) is 8.50. The van der Waals surface area contributed by atoms with E-state index < -0.39 is 23.4 Å². The van der Waals surface area contributed by atoms with Crippen LogP contribution in [0.15, 0.2) is 97.1 Å². The van der Waals surface area contributed by atoms with Gasteiger partial charge in [0.25, 0.3) is 5.91 Å². The quantitative estimate of drug-likeness (QED) is 0.425. The predicted molar refractivity (Wildman–Crippen MR) is 132 cm³/mol. The zero-order valence-electron chi connectivity index (χ0n) is 18.6. The van der Waals surface area contributed by atoms with E-state index in [1.54, 1.807) is 19.1 Å². The average Bonchev–Trinajstić information content (AvgIpc) is 3.08. The summed E-state index contributed by atoms with van der Waals surface area (Å²) < 4.78 is 0. The third-order valence-electron chi connectivity index (χ3n) is 6.18. The van der Waals surface area contributed by atoms with Gasteiger partial charge < -0.3 is 10.6 Å². The largest absolute Gasteiger partial charge is 0.325 e. The van der Waals surface area contributed by atoms with E-state index in [2.05, 4.69) is 10.6 Å². The number of nitrogens with zero attached hydrogens (tertiary/aromatic N) is 1. The molecule has 1 fully saturated rings. The van der Waals surface area contributed by atoms with Crippen LogP contribution in [0.3, 0.4) is 0 Å². The molecular formula is C28H23N3O3. The maximum atomic E-state index is 13.2. The fourth-order valence-electron chi connectivity index (χ4n) is 4.26. The Morgan fingerprint density at radius 2 is 1.47 bits per heavy atom. The Morgan fingerprint density at radius 3 is 2.21 bits per heavy atom. The third kappa shape index (κ3) is 3.90. The second kappa shape index (κ2) is 8.48. The highest BCUT2D eigenvalue weighted by atomic mass is 16.2. The number of benzene rings is 4. The Hall–Kier alpha value is -4.45. The minimum Gasteiger partial charge on any atom is -0.325 e. The maximum absolute atomic E-state index is 13.2. The number of hydrogen-bond acceptors (Lipinski definition) is 3. The number of urea groups is 1. The van der Waals surface area contributed by atoms with Gasteiger partial charge in [0.15, 0.2) is 0 Å². The molecule has 0 aromatic heterocycles. The van der Waals surface area contributed by atoms with Crippen LogP contribution in [-0.4, -0.2) is 29.3 Å².